The fraction of sp³-hybridized carbons (Fsp3) is 0.407. The summed E-state index contributed by atoms with van der Waals surface area (Å²) in [6, 6.07) is 11.1. The maximum atomic E-state index is 13.0. The molecule has 0 atom stereocenters. The predicted octanol–water partition coefficient (Wildman–Crippen LogP) is 6.06. The molecular weight excluding hydrogens is 524 g/mol. The van der Waals surface area contributed by atoms with Gasteiger partial charge in [0.05, 0.1) is 25.6 Å². The third-order valence-corrected chi connectivity index (χ3v) is 7.15. The molecule has 2 amide bonds. The van der Waals surface area contributed by atoms with Crippen molar-refractivity contribution in [2.45, 2.75) is 51.3 Å². The number of nitrogens with zero attached hydrogens (tertiary/aromatic N) is 2. The van der Waals surface area contributed by atoms with Crippen LogP contribution in [-0.4, -0.2) is 47.6 Å². The summed E-state index contributed by atoms with van der Waals surface area (Å²) < 4.78 is 17.6. The summed E-state index contributed by atoms with van der Waals surface area (Å²) in [7, 11) is 0. The second-order valence-corrected chi connectivity index (χ2v) is 10.3. The van der Waals surface area contributed by atoms with Crippen molar-refractivity contribution in [3.8, 4) is 17.2 Å². The topological polar surface area (TPSA) is 112 Å². The average Bonchev–Trinajstić information content (AvgIpc) is 3.36. The van der Waals surface area contributed by atoms with Crippen LogP contribution >= 0.6 is 23.1 Å². The number of aryl methyl sites for hydroxylation is 1. The van der Waals surface area contributed by atoms with Crippen LogP contribution in [0.1, 0.15) is 56.5 Å². The number of thioether (sulfide) groups is 1. The Bertz CT molecular complexity index is 1170. The van der Waals surface area contributed by atoms with Crippen molar-refractivity contribution in [1.82, 2.24) is 10.2 Å². The third-order valence-electron chi connectivity index (χ3n) is 5.18. The zero-order valence-corrected chi connectivity index (χ0v) is 23.8. The first kappa shape index (κ1) is 29.2. The summed E-state index contributed by atoms with van der Waals surface area (Å²) in [5.41, 5.74) is 2.36. The summed E-state index contributed by atoms with van der Waals surface area (Å²) in [6.45, 7) is 8.99. The first-order valence-electron chi connectivity index (χ1n) is 12.7. The summed E-state index contributed by atoms with van der Waals surface area (Å²) in [5, 5.41) is 14.1. The van der Waals surface area contributed by atoms with Gasteiger partial charge in [-0.25, -0.2) is 0 Å². The molecule has 0 aliphatic rings. The Hall–Kier alpha value is -3.31. The highest BCUT2D eigenvalue weighted by Crippen LogP contribution is 2.39. The van der Waals surface area contributed by atoms with Crippen LogP contribution in [0.4, 0.5) is 10.8 Å². The maximum Gasteiger partial charge on any atom is 0.257 e. The van der Waals surface area contributed by atoms with Crippen LogP contribution in [0.25, 0.3) is 0 Å². The second kappa shape index (κ2) is 15.2. The van der Waals surface area contributed by atoms with Gasteiger partial charge in [0.2, 0.25) is 16.8 Å². The average molecular weight is 559 g/mol. The number of aromatic nitrogens is 2. The minimum atomic E-state index is -0.386. The van der Waals surface area contributed by atoms with Gasteiger partial charge in [-0.3, -0.25) is 14.9 Å². The van der Waals surface area contributed by atoms with Crippen LogP contribution in [0.2, 0.25) is 0 Å². The van der Waals surface area contributed by atoms with E-state index >= 15 is 0 Å². The monoisotopic (exact) mass is 558 g/mol. The molecule has 2 N–H and O–H groups in total. The number of benzene rings is 2. The maximum absolute atomic E-state index is 13.0. The van der Waals surface area contributed by atoms with E-state index in [4.69, 9.17) is 14.2 Å². The number of carbonyl (C=O) groups excluding carboxylic acids is 2. The Kier molecular flexibility index (Phi) is 11.7. The van der Waals surface area contributed by atoms with Gasteiger partial charge in [0, 0.05) is 11.3 Å². The first-order valence-corrected chi connectivity index (χ1v) is 14.5. The third kappa shape index (κ3) is 8.63. The molecule has 2 aromatic carbocycles. The number of nitrogens with one attached hydrogen (secondary N) is 2. The Morgan fingerprint density at radius 3 is 2.16 bits per heavy atom. The number of ether oxygens (including phenoxy) is 3. The van der Waals surface area contributed by atoms with Crippen molar-refractivity contribution in [2.75, 3.05) is 36.2 Å². The van der Waals surface area contributed by atoms with E-state index in [-0.39, 0.29) is 17.6 Å². The Morgan fingerprint density at radius 1 is 0.895 bits per heavy atom. The number of rotatable bonds is 15. The van der Waals surface area contributed by atoms with Crippen LogP contribution in [0.15, 0.2) is 40.7 Å². The molecule has 11 heteroatoms. The van der Waals surface area contributed by atoms with Crippen LogP contribution in [0, 0.1) is 0 Å². The van der Waals surface area contributed by atoms with Crippen molar-refractivity contribution in [3.63, 3.8) is 0 Å². The lowest BCUT2D eigenvalue weighted by Gasteiger charge is -2.16. The van der Waals surface area contributed by atoms with Crippen LogP contribution in [0.3, 0.4) is 0 Å². The van der Waals surface area contributed by atoms with Gasteiger partial charge >= 0.3 is 0 Å². The van der Waals surface area contributed by atoms with E-state index in [1.807, 2.05) is 45.0 Å². The van der Waals surface area contributed by atoms with Gasteiger partial charge in [0.25, 0.3) is 5.91 Å². The smallest absolute Gasteiger partial charge is 0.257 e. The van der Waals surface area contributed by atoms with E-state index in [9.17, 15) is 9.59 Å². The van der Waals surface area contributed by atoms with Gasteiger partial charge in [-0.15, -0.1) is 10.2 Å². The standard InChI is InChI=1S/C27H34N4O5S2/c1-5-9-10-18-11-13-20(14-12-18)28-23(32)17-37-27-31-30-26(38-27)29-25(33)19-15-21(34-6-2)24(36-8-4)22(16-19)35-7-3/h11-16H,5-10,17H2,1-4H3,(H,28,32)(H,29,30,33). The van der Waals surface area contributed by atoms with Gasteiger partial charge in [-0.05, 0) is 63.4 Å². The number of amides is 2. The number of carbonyl (C=O) groups is 2. The Balaban J connectivity index is 1.58. The van der Waals surface area contributed by atoms with Crippen molar-refractivity contribution >= 4 is 45.7 Å². The van der Waals surface area contributed by atoms with E-state index < -0.39 is 0 Å². The fourth-order valence-corrected chi connectivity index (χ4v) is 5.01. The molecule has 0 saturated heterocycles. The summed E-state index contributed by atoms with van der Waals surface area (Å²) in [5.74, 6) is 0.976. The van der Waals surface area contributed by atoms with Crippen molar-refractivity contribution in [3.05, 3.63) is 47.5 Å². The largest absolute Gasteiger partial charge is 0.490 e. The highest BCUT2D eigenvalue weighted by atomic mass is 32.2. The molecular formula is C27H34N4O5S2. The SMILES string of the molecule is CCCCc1ccc(NC(=O)CSc2nnc(NC(=O)c3cc(OCC)c(OCC)c(OCC)c3)s2)cc1. The predicted molar refractivity (Wildman–Crippen MR) is 152 cm³/mol. The highest BCUT2D eigenvalue weighted by Gasteiger charge is 2.19. The molecule has 1 heterocycles. The molecule has 0 spiro atoms. The summed E-state index contributed by atoms with van der Waals surface area (Å²) in [4.78, 5) is 25.3. The molecule has 0 aliphatic carbocycles. The zero-order valence-electron chi connectivity index (χ0n) is 22.2. The second-order valence-electron chi connectivity index (χ2n) is 8.07. The van der Waals surface area contributed by atoms with E-state index in [0.29, 0.717) is 52.1 Å². The Morgan fingerprint density at radius 2 is 1.55 bits per heavy atom. The molecule has 0 fully saturated rings. The Labute approximate surface area is 231 Å². The molecule has 3 rings (SSSR count). The molecule has 1 aromatic heterocycles. The fourth-order valence-electron chi connectivity index (χ4n) is 3.47. The first-order chi connectivity index (χ1) is 18.5. The highest BCUT2D eigenvalue weighted by molar-refractivity contribution is 8.01. The van der Waals surface area contributed by atoms with Crippen molar-refractivity contribution in [1.29, 1.82) is 0 Å². The van der Waals surface area contributed by atoms with Gasteiger partial charge < -0.3 is 19.5 Å². The van der Waals surface area contributed by atoms with Gasteiger partial charge in [0.1, 0.15) is 0 Å². The number of anilines is 2. The van der Waals surface area contributed by atoms with Crippen LogP contribution < -0.4 is 24.8 Å². The summed E-state index contributed by atoms with van der Waals surface area (Å²) >= 11 is 2.45. The van der Waals surface area contributed by atoms with E-state index in [1.165, 1.54) is 28.7 Å². The molecule has 38 heavy (non-hydrogen) atoms. The number of hydrogen-bond acceptors (Lipinski definition) is 9. The minimum Gasteiger partial charge on any atom is -0.490 e. The van der Waals surface area contributed by atoms with Crippen molar-refractivity contribution in [2.24, 2.45) is 0 Å². The summed E-state index contributed by atoms with van der Waals surface area (Å²) in [6.07, 6.45) is 3.34. The molecule has 0 bridgehead atoms. The van der Waals surface area contributed by atoms with E-state index in [0.717, 1.165) is 24.9 Å². The molecule has 0 radical (unpaired) electrons. The number of hydrogen-bond donors (Lipinski definition) is 2. The lowest BCUT2D eigenvalue weighted by atomic mass is 10.1. The lowest BCUT2D eigenvalue weighted by Crippen LogP contribution is -2.13. The number of unbranched alkanes of at least 4 members (excludes halogenated alkanes) is 1. The lowest BCUT2D eigenvalue weighted by molar-refractivity contribution is -0.113. The van der Waals surface area contributed by atoms with Crippen molar-refractivity contribution < 1.29 is 23.8 Å². The molecule has 0 unspecified atom stereocenters. The van der Waals surface area contributed by atoms with Gasteiger partial charge in [0.15, 0.2) is 15.8 Å². The van der Waals surface area contributed by atoms with E-state index in [1.54, 1.807) is 12.1 Å². The molecule has 0 saturated carbocycles. The minimum absolute atomic E-state index is 0.140. The molecule has 204 valence electrons. The van der Waals surface area contributed by atoms with Gasteiger partial charge in [-0.2, -0.15) is 0 Å². The van der Waals surface area contributed by atoms with Crippen LogP contribution in [0.5, 0.6) is 17.2 Å². The van der Waals surface area contributed by atoms with E-state index in [2.05, 4.69) is 27.8 Å². The molecule has 9 nitrogen and oxygen atoms in total. The van der Waals surface area contributed by atoms with Crippen LogP contribution in [-0.2, 0) is 11.2 Å². The molecule has 3 aromatic rings. The zero-order chi connectivity index (χ0) is 27.3. The normalized spacial score (nSPS) is 10.6. The quantitative estimate of drug-likeness (QED) is 0.171. The van der Waals surface area contributed by atoms with Gasteiger partial charge in [-0.1, -0.05) is 48.6 Å². The molecule has 0 aliphatic heterocycles.